The molecule has 0 amide bonds. The van der Waals surface area contributed by atoms with Crippen LogP contribution in [0.1, 0.15) is 105 Å². The summed E-state index contributed by atoms with van der Waals surface area (Å²) in [7, 11) is -10.9. The summed E-state index contributed by atoms with van der Waals surface area (Å²) in [4.78, 5) is 45.8. The number of ketones is 1. The molecular weight excluding hydrogens is 1110 g/mol. The third-order valence-electron chi connectivity index (χ3n) is 13.4. The highest BCUT2D eigenvalue weighted by Crippen LogP contribution is 2.28. The summed E-state index contributed by atoms with van der Waals surface area (Å²) in [5.74, 6) is -3.05. The van der Waals surface area contributed by atoms with Crippen LogP contribution in [0.4, 0.5) is 17.1 Å². The summed E-state index contributed by atoms with van der Waals surface area (Å²) in [6, 6.07) is 51.3. The molecule has 0 atom stereocenters. The van der Waals surface area contributed by atoms with E-state index in [1.807, 2.05) is 43.3 Å². The summed E-state index contributed by atoms with van der Waals surface area (Å²) < 4.78 is 83.2. The molecule has 0 unspecified atom stereocenters. The Morgan fingerprint density at radius 3 is 1.04 bits per heavy atom. The highest BCUT2D eigenvalue weighted by atomic mass is 32.2. The zero-order chi connectivity index (χ0) is 60.5. The van der Waals surface area contributed by atoms with Crippen LogP contribution in [0.15, 0.2) is 192 Å². The van der Waals surface area contributed by atoms with Crippen molar-refractivity contribution in [2.24, 2.45) is 0 Å². The first-order valence-corrected chi connectivity index (χ1v) is 30.9. The summed E-state index contributed by atoms with van der Waals surface area (Å²) in [5, 5.41) is 27.9. The second-order valence-electron chi connectivity index (χ2n) is 19.4. The van der Waals surface area contributed by atoms with E-state index in [4.69, 9.17) is 0 Å². The molecule has 432 valence electrons. The Kier molecular flexibility index (Phi) is 21.9. The quantitative estimate of drug-likeness (QED) is 0.0345. The third kappa shape index (κ3) is 17.8. The van der Waals surface area contributed by atoms with Gasteiger partial charge in [0.1, 0.15) is 0 Å². The lowest BCUT2D eigenvalue weighted by Gasteiger charge is -2.16. The van der Waals surface area contributed by atoms with Crippen LogP contribution in [0.25, 0.3) is 0 Å². The van der Waals surface area contributed by atoms with Crippen molar-refractivity contribution in [1.82, 2.24) is 0 Å². The number of nitrogens with one attached hydrogen (secondary N) is 3. The van der Waals surface area contributed by atoms with Crippen molar-refractivity contribution in [3.05, 3.63) is 254 Å². The molecule has 8 aromatic carbocycles. The van der Waals surface area contributed by atoms with Gasteiger partial charge in [0.25, 0.3) is 20.0 Å². The Labute approximate surface area is 485 Å². The highest BCUT2D eigenvalue weighted by molar-refractivity contribution is 7.93. The van der Waals surface area contributed by atoms with Crippen molar-refractivity contribution >= 4 is 70.8 Å². The van der Waals surface area contributed by atoms with E-state index in [0.29, 0.717) is 88.3 Å². The zero-order valence-electron chi connectivity index (χ0n) is 46.4. The normalized spacial score (nSPS) is 11.2. The molecular formula is C64H65N3O13S3. The largest absolute Gasteiger partial charge is 0.478 e. The predicted molar refractivity (Wildman–Crippen MR) is 324 cm³/mol. The van der Waals surface area contributed by atoms with Crippen molar-refractivity contribution in [1.29, 1.82) is 0 Å². The molecule has 0 aliphatic heterocycles. The molecule has 16 nitrogen and oxygen atoms in total. The van der Waals surface area contributed by atoms with Gasteiger partial charge in [-0.1, -0.05) is 139 Å². The first-order valence-electron chi connectivity index (χ1n) is 26.3. The van der Waals surface area contributed by atoms with Gasteiger partial charge in [-0.2, -0.15) is 0 Å². The number of benzene rings is 8. The van der Waals surface area contributed by atoms with Crippen molar-refractivity contribution < 1.29 is 59.8 Å². The monoisotopic (exact) mass is 1180 g/mol. The average Bonchev–Trinajstić information content (AvgIpc) is 3.52. The molecule has 0 bridgehead atoms. The van der Waals surface area contributed by atoms with Crippen LogP contribution in [0.3, 0.4) is 0 Å². The van der Waals surface area contributed by atoms with E-state index in [1.54, 1.807) is 142 Å². The lowest BCUT2D eigenvalue weighted by atomic mass is 9.99. The molecule has 83 heavy (non-hydrogen) atoms. The number of hydrogen-bond donors (Lipinski definition) is 6. The molecule has 0 spiro atoms. The molecule has 8 aromatic rings. The van der Waals surface area contributed by atoms with Crippen LogP contribution >= 0.6 is 0 Å². The topological polar surface area (TPSA) is 267 Å². The Bertz CT molecular complexity index is 3970. The zero-order valence-corrected chi connectivity index (χ0v) is 48.9. The smallest absolute Gasteiger partial charge is 0.335 e. The van der Waals surface area contributed by atoms with Gasteiger partial charge >= 0.3 is 17.9 Å². The van der Waals surface area contributed by atoms with Gasteiger partial charge in [-0.05, 0) is 166 Å². The molecule has 19 heteroatoms. The molecule has 0 saturated heterocycles. The maximum absolute atomic E-state index is 13.1. The van der Waals surface area contributed by atoms with Crippen LogP contribution in [0.2, 0.25) is 0 Å². The summed E-state index contributed by atoms with van der Waals surface area (Å²) in [6.07, 6.45) is 2.99. The standard InChI is InChI=1S/C24H25NO4S.C23H21NO5S.C17H19NO4S/c1-16-14-17(2)23(18(3)15-16)30(28,29)25-22-11-7-5-9-20(22)13-12-19-8-4-6-10-21(19)24(26)27;1-16(25)17-12-14-20(15-13-17)30(28,29)24-22-9-5-3-7-19(22)11-10-18-6-2-4-8-21(18)23(26)27;1-2-23(21,22)18-16-10-6-4-8-14(16)12-11-13-7-3-5-9-15(13)17(19)20/h4-11,14-15,25H,12-13H2,1-3H3,(H,26,27);2-9,12-15,24H,10-11H2,1H3,(H,26,27);3-10,18H,2,11-12H2,1H3,(H,19,20). The van der Waals surface area contributed by atoms with E-state index < -0.39 is 48.0 Å². The first-order chi connectivity index (χ1) is 39.4. The lowest BCUT2D eigenvalue weighted by molar-refractivity contribution is 0.0684. The number of carboxylic acids is 3. The van der Waals surface area contributed by atoms with Gasteiger partial charge in [-0.3, -0.25) is 19.0 Å². The summed E-state index contributed by atoms with van der Waals surface area (Å²) in [5.41, 5.74) is 9.64. The minimum atomic E-state index is -3.84. The molecule has 6 N–H and O–H groups in total. The maximum Gasteiger partial charge on any atom is 0.335 e. The minimum absolute atomic E-state index is 0.00316. The van der Waals surface area contributed by atoms with E-state index >= 15 is 0 Å². The third-order valence-corrected chi connectivity index (χ3v) is 17.7. The Morgan fingerprint density at radius 1 is 0.398 bits per heavy atom. The Morgan fingerprint density at radius 2 is 0.699 bits per heavy atom. The van der Waals surface area contributed by atoms with Gasteiger partial charge in [0.2, 0.25) is 10.0 Å². The number of aryl methyl sites for hydroxylation is 9. The number of hydrogen-bond acceptors (Lipinski definition) is 10. The number of rotatable bonds is 22. The van der Waals surface area contributed by atoms with Crippen molar-refractivity contribution in [2.75, 3.05) is 19.9 Å². The second kappa shape index (κ2) is 28.7. The van der Waals surface area contributed by atoms with Gasteiger partial charge in [0, 0.05) is 5.56 Å². The molecule has 0 radical (unpaired) electrons. The van der Waals surface area contributed by atoms with Crippen LogP contribution < -0.4 is 14.2 Å². The second-order valence-corrected chi connectivity index (χ2v) is 24.7. The van der Waals surface area contributed by atoms with Gasteiger partial charge in [0.15, 0.2) is 5.78 Å². The number of anilines is 3. The van der Waals surface area contributed by atoms with Crippen molar-refractivity contribution in [3.63, 3.8) is 0 Å². The van der Waals surface area contributed by atoms with Crippen molar-refractivity contribution in [2.45, 2.75) is 82.9 Å². The van der Waals surface area contributed by atoms with Crippen LogP contribution in [-0.4, -0.2) is 70.0 Å². The number of Topliss-reactive ketones (excluding diaryl/α,β-unsaturated/α-hetero) is 1. The number of carbonyl (C=O) groups is 4. The van der Waals surface area contributed by atoms with E-state index in [9.17, 15) is 59.8 Å². The number of aromatic carboxylic acids is 3. The van der Waals surface area contributed by atoms with Crippen molar-refractivity contribution in [3.8, 4) is 0 Å². The molecule has 0 aliphatic rings. The van der Waals surface area contributed by atoms with E-state index in [0.717, 1.165) is 27.8 Å². The molecule has 0 aliphatic carbocycles. The van der Waals surface area contributed by atoms with Crippen LogP contribution in [0.5, 0.6) is 0 Å². The lowest BCUT2D eigenvalue weighted by Crippen LogP contribution is -2.17. The minimum Gasteiger partial charge on any atom is -0.478 e. The van der Waals surface area contributed by atoms with Crippen LogP contribution in [0, 0.1) is 20.8 Å². The van der Waals surface area contributed by atoms with E-state index in [1.165, 1.54) is 31.2 Å². The Hall–Kier alpha value is -8.91. The summed E-state index contributed by atoms with van der Waals surface area (Å²) in [6.45, 7) is 8.52. The average molecular weight is 1180 g/mol. The van der Waals surface area contributed by atoms with Gasteiger partial charge in [0.05, 0.1) is 49.3 Å². The number of para-hydroxylation sites is 3. The van der Waals surface area contributed by atoms with Gasteiger partial charge in [-0.15, -0.1) is 0 Å². The maximum atomic E-state index is 13.1. The summed E-state index contributed by atoms with van der Waals surface area (Å²) >= 11 is 0. The molecule has 8 rings (SSSR count). The van der Waals surface area contributed by atoms with E-state index in [-0.39, 0.29) is 33.1 Å². The molecule has 0 fully saturated rings. The molecule has 0 saturated carbocycles. The fraction of sp³-hybridized carbons (Fsp3) is 0.188. The fourth-order valence-corrected chi connectivity index (χ4v) is 12.6. The first kappa shape index (κ1) is 63.3. The van der Waals surface area contributed by atoms with Gasteiger partial charge in [-0.25, -0.2) is 39.6 Å². The van der Waals surface area contributed by atoms with E-state index in [2.05, 4.69) is 14.2 Å². The fourth-order valence-electron chi connectivity index (χ4n) is 9.26. The van der Waals surface area contributed by atoms with Gasteiger partial charge < -0.3 is 15.3 Å². The number of carbonyl (C=O) groups excluding carboxylic acids is 1. The SMILES string of the molecule is CC(=O)c1ccc(S(=O)(=O)Nc2ccccc2CCc2ccccc2C(=O)O)cc1.CCS(=O)(=O)Nc1ccccc1CCc1ccccc1C(=O)O.Cc1cc(C)c(S(=O)(=O)Nc2ccccc2CCc2ccccc2C(=O)O)c(C)c1. The highest BCUT2D eigenvalue weighted by Gasteiger charge is 2.22. The number of carboxylic acid groups (broad SMARTS) is 3. The molecule has 0 heterocycles. The predicted octanol–water partition coefficient (Wildman–Crippen LogP) is 12.0. The van der Waals surface area contributed by atoms with Crippen LogP contribution in [-0.2, 0) is 68.6 Å². The molecule has 0 aromatic heterocycles. The Balaban J connectivity index is 0.000000202. The number of sulfonamides is 3.